The summed E-state index contributed by atoms with van der Waals surface area (Å²) in [5, 5.41) is 3.18. The molecule has 1 amide bonds. The number of benzene rings is 2. The number of hydrogen-bond acceptors (Lipinski definition) is 7. The average Bonchev–Trinajstić information content (AvgIpc) is 2.86. The van der Waals surface area contributed by atoms with Gasteiger partial charge in [-0.3, -0.25) is 4.79 Å². The molecule has 0 saturated carbocycles. The summed E-state index contributed by atoms with van der Waals surface area (Å²) in [6.45, 7) is 3.27. The Balaban J connectivity index is 1.33. The number of anilines is 3. The minimum atomic E-state index is -0.644. The second kappa shape index (κ2) is 10.7. The first-order valence-corrected chi connectivity index (χ1v) is 11.7. The molecular formula is C23H23ClFN5O2S. The largest absolute Gasteiger partial charge is 0.495 e. The summed E-state index contributed by atoms with van der Waals surface area (Å²) in [4.78, 5) is 25.4. The van der Waals surface area contributed by atoms with Crippen LogP contribution in [0.1, 0.15) is 0 Å². The van der Waals surface area contributed by atoms with E-state index in [0.717, 1.165) is 43.4 Å². The van der Waals surface area contributed by atoms with Crippen molar-refractivity contribution < 1.29 is 13.9 Å². The second-order valence-electron chi connectivity index (χ2n) is 7.30. The lowest BCUT2D eigenvalue weighted by Gasteiger charge is -2.37. The number of para-hydroxylation sites is 2. The Morgan fingerprint density at radius 3 is 2.67 bits per heavy atom. The summed E-state index contributed by atoms with van der Waals surface area (Å²) in [6, 6.07) is 14.4. The number of halogens is 2. The van der Waals surface area contributed by atoms with Crippen molar-refractivity contribution in [3.05, 3.63) is 65.7 Å². The van der Waals surface area contributed by atoms with E-state index in [2.05, 4.69) is 31.2 Å². The summed E-state index contributed by atoms with van der Waals surface area (Å²) in [6.07, 6.45) is 1.50. The van der Waals surface area contributed by atoms with Crippen LogP contribution in [0.3, 0.4) is 0 Å². The van der Waals surface area contributed by atoms with Gasteiger partial charge in [-0.15, -0.1) is 0 Å². The van der Waals surface area contributed by atoms with Crippen molar-refractivity contribution >= 4 is 46.5 Å². The maximum Gasteiger partial charge on any atom is 0.234 e. The number of amides is 1. The first kappa shape index (κ1) is 23.1. The number of rotatable bonds is 7. The van der Waals surface area contributed by atoms with Gasteiger partial charge < -0.3 is 19.9 Å². The second-order valence-corrected chi connectivity index (χ2v) is 8.70. The Bertz CT molecular complexity index is 1130. The van der Waals surface area contributed by atoms with Crippen LogP contribution in [-0.4, -0.2) is 54.9 Å². The fourth-order valence-electron chi connectivity index (χ4n) is 3.58. The molecule has 3 aromatic rings. The lowest BCUT2D eigenvalue weighted by molar-refractivity contribution is -0.113. The number of nitrogens with zero attached hydrogens (tertiary/aromatic N) is 4. The zero-order chi connectivity index (χ0) is 23.2. The molecule has 1 N–H and O–H groups in total. The number of aromatic nitrogens is 2. The molecule has 7 nitrogen and oxygen atoms in total. The average molecular weight is 488 g/mol. The fraction of sp³-hybridized carbons (Fsp3) is 0.261. The predicted octanol–water partition coefficient (Wildman–Crippen LogP) is 4.34. The molecule has 4 rings (SSSR count). The topological polar surface area (TPSA) is 70.6 Å². The van der Waals surface area contributed by atoms with Gasteiger partial charge in [-0.1, -0.05) is 41.6 Å². The van der Waals surface area contributed by atoms with Crippen LogP contribution in [0.25, 0.3) is 0 Å². The van der Waals surface area contributed by atoms with Gasteiger partial charge in [-0.2, -0.15) is 0 Å². The van der Waals surface area contributed by atoms with E-state index >= 15 is 0 Å². The first-order chi connectivity index (χ1) is 16.0. The number of thioether (sulfide) groups is 1. The van der Waals surface area contributed by atoms with E-state index in [1.807, 2.05) is 24.3 Å². The normalized spacial score (nSPS) is 13.7. The Morgan fingerprint density at radius 2 is 1.88 bits per heavy atom. The molecule has 172 valence electrons. The highest BCUT2D eigenvalue weighted by atomic mass is 35.5. The molecule has 2 aromatic carbocycles. The van der Waals surface area contributed by atoms with Crippen LogP contribution in [-0.2, 0) is 4.79 Å². The summed E-state index contributed by atoms with van der Waals surface area (Å²) >= 11 is 7.02. The predicted molar refractivity (Wildman–Crippen MR) is 130 cm³/mol. The maximum absolute atomic E-state index is 14.0. The summed E-state index contributed by atoms with van der Waals surface area (Å²) in [5.41, 5.74) is 1.14. The van der Waals surface area contributed by atoms with Crippen molar-refractivity contribution in [1.82, 2.24) is 9.97 Å². The maximum atomic E-state index is 14.0. The standard InChI is InChI=1S/C23H23ClFN5O2S/c1-32-19-8-3-2-7-18(19)29-9-11-30(12-10-29)20-13-22(27-15-26-20)33-14-21(31)28-17-6-4-5-16(24)23(17)25/h2-8,13,15H,9-12,14H2,1H3,(H,28,31). The van der Waals surface area contributed by atoms with Crippen molar-refractivity contribution in [2.24, 2.45) is 0 Å². The Morgan fingerprint density at radius 1 is 1.12 bits per heavy atom. The zero-order valence-electron chi connectivity index (χ0n) is 18.0. The molecule has 1 fully saturated rings. The third-order valence-electron chi connectivity index (χ3n) is 5.23. The van der Waals surface area contributed by atoms with Gasteiger partial charge in [-0.25, -0.2) is 14.4 Å². The monoisotopic (exact) mass is 487 g/mol. The molecular weight excluding hydrogens is 465 g/mol. The van der Waals surface area contributed by atoms with E-state index in [9.17, 15) is 9.18 Å². The van der Waals surface area contributed by atoms with Gasteiger partial charge in [0.1, 0.15) is 22.9 Å². The Hall–Kier alpha value is -3.04. The molecule has 0 radical (unpaired) electrons. The highest BCUT2D eigenvalue weighted by molar-refractivity contribution is 7.99. The number of carbonyl (C=O) groups excluding carboxylic acids is 1. The molecule has 2 heterocycles. The van der Waals surface area contributed by atoms with Gasteiger partial charge in [0.05, 0.1) is 29.3 Å². The zero-order valence-corrected chi connectivity index (χ0v) is 19.6. The Kier molecular flexibility index (Phi) is 7.51. The van der Waals surface area contributed by atoms with Crippen LogP contribution in [0, 0.1) is 5.82 Å². The first-order valence-electron chi connectivity index (χ1n) is 10.4. The quantitative estimate of drug-likeness (QED) is 0.392. The van der Waals surface area contributed by atoms with Gasteiger partial charge in [0.15, 0.2) is 5.82 Å². The van der Waals surface area contributed by atoms with Crippen molar-refractivity contribution in [3.8, 4) is 5.75 Å². The Labute approximate surface area is 200 Å². The third-order valence-corrected chi connectivity index (χ3v) is 6.45. The molecule has 0 atom stereocenters. The SMILES string of the molecule is COc1ccccc1N1CCN(c2cc(SCC(=O)Nc3cccc(Cl)c3F)ncn2)CC1. The van der Waals surface area contributed by atoms with E-state index in [1.54, 1.807) is 13.2 Å². The van der Waals surface area contributed by atoms with Crippen LogP contribution in [0.15, 0.2) is 59.9 Å². The number of methoxy groups -OCH3 is 1. The summed E-state index contributed by atoms with van der Waals surface area (Å²) < 4.78 is 19.5. The molecule has 1 saturated heterocycles. The molecule has 10 heteroatoms. The molecule has 0 spiro atoms. The molecule has 0 bridgehead atoms. The smallest absolute Gasteiger partial charge is 0.234 e. The summed E-state index contributed by atoms with van der Waals surface area (Å²) in [7, 11) is 1.68. The number of piperazine rings is 1. The molecule has 0 unspecified atom stereocenters. The number of carbonyl (C=O) groups is 1. The molecule has 1 aliphatic rings. The van der Waals surface area contributed by atoms with E-state index in [-0.39, 0.29) is 22.4 Å². The van der Waals surface area contributed by atoms with E-state index in [0.29, 0.717) is 5.03 Å². The van der Waals surface area contributed by atoms with Crippen molar-refractivity contribution in [3.63, 3.8) is 0 Å². The highest BCUT2D eigenvalue weighted by Crippen LogP contribution is 2.29. The van der Waals surface area contributed by atoms with Crippen molar-refractivity contribution in [2.75, 3.05) is 54.2 Å². The van der Waals surface area contributed by atoms with Crippen LogP contribution in [0.5, 0.6) is 5.75 Å². The summed E-state index contributed by atoms with van der Waals surface area (Å²) in [5.74, 6) is 0.779. The van der Waals surface area contributed by atoms with Crippen LogP contribution in [0.4, 0.5) is 21.6 Å². The van der Waals surface area contributed by atoms with Crippen LogP contribution >= 0.6 is 23.4 Å². The lowest BCUT2D eigenvalue weighted by Crippen LogP contribution is -2.47. The number of nitrogens with one attached hydrogen (secondary N) is 1. The van der Waals surface area contributed by atoms with E-state index in [4.69, 9.17) is 16.3 Å². The fourth-order valence-corrected chi connectivity index (χ4v) is 4.41. The van der Waals surface area contributed by atoms with Gasteiger partial charge in [0.25, 0.3) is 0 Å². The van der Waals surface area contributed by atoms with Crippen molar-refractivity contribution in [2.45, 2.75) is 5.03 Å². The minimum Gasteiger partial charge on any atom is -0.495 e. The minimum absolute atomic E-state index is 0.0355. The van der Waals surface area contributed by atoms with Crippen molar-refractivity contribution in [1.29, 1.82) is 0 Å². The van der Waals surface area contributed by atoms with Crippen LogP contribution < -0.4 is 19.9 Å². The van der Waals surface area contributed by atoms with Gasteiger partial charge >= 0.3 is 0 Å². The van der Waals surface area contributed by atoms with Gasteiger partial charge in [0, 0.05) is 32.2 Å². The third kappa shape index (κ3) is 5.66. The number of hydrogen-bond donors (Lipinski definition) is 1. The number of ether oxygens (including phenoxy) is 1. The van der Waals surface area contributed by atoms with Gasteiger partial charge in [-0.05, 0) is 24.3 Å². The molecule has 1 aromatic heterocycles. The van der Waals surface area contributed by atoms with Gasteiger partial charge in [0.2, 0.25) is 5.91 Å². The molecule has 0 aliphatic carbocycles. The lowest BCUT2D eigenvalue weighted by atomic mass is 10.2. The van der Waals surface area contributed by atoms with E-state index < -0.39 is 5.82 Å². The highest BCUT2D eigenvalue weighted by Gasteiger charge is 2.21. The van der Waals surface area contributed by atoms with Crippen LogP contribution in [0.2, 0.25) is 5.02 Å². The van der Waals surface area contributed by atoms with E-state index in [1.165, 1.54) is 30.2 Å². The molecule has 1 aliphatic heterocycles. The molecule has 33 heavy (non-hydrogen) atoms.